The molecule has 0 saturated heterocycles. The Kier molecular flexibility index (Phi) is 5.70. The Morgan fingerprint density at radius 1 is 1.18 bits per heavy atom. The number of unbranched alkanes of at least 4 members (excludes halogenated alkanes) is 2. The van der Waals surface area contributed by atoms with Gasteiger partial charge in [-0.3, -0.25) is 4.79 Å². The van der Waals surface area contributed by atoms with E-state index in [1.54, 1.807) is 0 Å². The van der Waals surface area contributed by atoms with E-state index in [0.717, 1.165) is 18.4 Å². The quantitative estimate of drug-likeness (QED) is 0.560. The lowest BCUT2D eigenvalue weighted by atomic mass is 9.89. The Balaban J connectivity index is 2.38. The zero-order valence-electron chi connectivity index (χ0n) is 11.7. The predicted molar refractivity (Wildman–Crippen MR) is 75.2 cm³/mol. The van der Waals surface area contributed by atoms with Gasteiger partial charge < -0.3 is 5.11 Å². The number of carboxylic acids is 1. The van der Waals surface area contributed by atoms with Crippen LogP contribution >= 0.6 is 0 Å². The topological polar surface area (TPSA) is 37.3 Å². The Hall–Kier alpha value is -0.313. The fourth-order valence-corrected chi connectivity index (χ4v) is 6.62. The van der Waals surface area contributed by atoms with Crippen LogP contribution in [0.5, 0.6) is 0 Å². The highest BCUT2D eigenvalue weighted by atomic mass is 28.3. The molecule has 3 heteroatoms. The first-order valence-electron chi connectivity index (χ1n) is 7.20. The molecule has 2 nitrogen and oxygen atoms in total. The van der Waals surface area contributed by atoms with Crippen molar-refractivity contribution in [2.75, 3.05) is 0 Å². The smallest absolute Gasteiger partial charge is 0.306 e. The number of rotatable bonds is 6. The number of carbonyl (C=O) groups is 1. The average Bonchev–Trinajstić information content (AvgIpc) is 2.29. The molecule has 0 unspecified atom stereocenters. The number of hydrogen-bond donors (Lipinski definition) is 1. The van der Waals surface area contributed by atoms with E-state index >= 15 is 0 Å². The number of carboxylic acid groups (broad SMARTS) is 1. The zero-order chi connectivity index (χ0) is 12.9. The van der Waals surface area contributed by atoms with Gasteiger partial charge in [0, 0.05) is 0 Å². The van der Waals surface area contributed by atoms with Crippen molar-refractivity contribution in [2.24, 2.45) is 5.92 Å². The Bertz CT molecular complexity index is 243. The molecule has 0 bridgehead atoms. The summed E-state index contributed by atoms with van der Waals surface area (Å²) in [5.41, 5.74) is 0.870. The zero-order valence-corrected chi connectivity index (χ0v) is 12.7. The van der Waals surface area contributed by atoms with Crippen LogP contribution in [0.1, 0.15) is 51.9 Å². The maximum absolute atomic E-state index is 10.9. The van der Waals surface area contributed by atoms with E-state index in [0.29, 0.717) is 0 Å². The summed E-state index contributed by atoms with van der Waals surface area (Å²) in [5.74, 6) is -0.624. The van der Waals surface area contributed by atoms with E-state index in [9.17, 15) is 4.79 Å². The minimum absolute atomic E-state index is 0.0494. The fraction of sp³-hybridized carbons (Fsp3) is 0.929. The van der Waals surface area contributed by atoms with Crippen LogP contribution < -0.4 is 0 Å². The molecule has 0 aromatic carbocycles. The van der Waals surface area contributed by atoms with Crippen LogP contribution in [0, 0.1) is 5.92 Å². The SMILES string of the molecule is CCCCC[Si](C)(C)C1CCC(C(=O)O)CC1. The molecular formula is C14H28O2Si. The second kappa shape index (κ2) is 6.57. The molecule has 0 atom stereocenters. The molecule has 1 N–H and O–H groups in total. The van der Waals surface area contributed by atoms with Gasteiger partial charge >= 0.3 is 5.97 Å². The van der Waals surface area contributed by atoms with Crippen LogP contribution in [-0.4, -0.2) is 19.1 Å². The van der Waals surface area contributed by atoms with Crippen LogP contribution in [0.4, 0.5) is 0 Å². The molecule has 1 aliphatic carbocycles. The monoisotopic (exact) mass is 256 g/mol. The lowest BCUT2D eigenvalue weighted by molar-refractivity contribution is -0.142. The molecule has 100 valence electrons. The van der Waals surface area contributed by atoms with E-state index in [1.807, 2.05) is 0 Å². The van der Waals surface area contributed by atoms with E-state index in [-0.39, 0.29) is 5.92 Å². The lowest BCUT2D eigenvalue weighted by Crippen LogP contribution is -2.35. The van der Waals surface area contributed by atoms with Crippen molar-refractivity contribution >= 4 is 14.0 Å². The van der Waals surface area contributed by atoms with Crippen molar-refractivity contribution in [1.82, 2.24) is 0 Å². The van der Waals surface area contributed by atoms with Gasteiger partial charge in [-0.15, -0.1) is 0 Å². The van der Waals surface area contributed by atoms with Gasteiger partial charge in [-0.25, -0.2) is 0 Å². The second-order valence-corrected chi connectivity index (χ2v) is 11.6. The Morgan fingerprint density at radius 2 is 1.76 bits per heavy atom. The van der Waals surface area contributed by atoms with Crippen molar-refractivity contribution < 1.29 is 9.90 Å². The average molecular weight is 256 g/mol. The largest absolute Gasteiger partial charge is 0.481 e. The molecule has 0 amide bonds. The minimum Gasteiger partial charge on any atom is -0.481 e. The van der Waals surface area contributed by atoms with Crippen molar-refractivity contribution in [3.63, 3.8) is 0 Å². The summed E-state index contributed by atoms with van der Waals surface area (Å²) in [6.45, 7) is 7.27. The van der Waals surface area contributed by atoms with Crippen molar-refractivity contribution in [1.29, 1.82) is 0 Å². The summed E-state index contributed by atoms with van der Waals surface area (Å²) in [7, 11) is -1.10. The van der Waals surface area contributed by atoms with Gasteiger partial charge in [-0.05, 0) is 18.4 Å². The molecule has 0 spiro atoms. The molecule has 0 aromatic heterocycles. The normalized spacial score (nSPS) is 25.8. The van der Waals surface area contributed by atoms with E-state index in [1.165, 1.54) is 38.1 Å². The molecule has 1 saturated carbocycles. The third kappa shape index (κ3) is 4.45. The Labute approximate surface area is 107 Å². The lowest BCUT2D eigenvalue weighted by Gasteiger charge is -2.37. The third-order valence-corrected chi connectivity index (χ3v) is 9.04. The fourth-order valence-electron chi connectivity index (χ4n) is 3.16. The van der Waals surface area contributed by atoms with Gasteiger partial charge in [-0.2, -0.15) is 0 Å². The molecule has 0 radical (unpaired) electrons. The molecule has 0 heterocycles. The first kappa shape index (κ1) is 14.7. The third-order valence-electron chi connectivity index (χ3n) is 4.61. The summed E-state index contributed by atoms with van der Waals surface area (Å²) in [6, 6.07) is 1.43. The molecular weight excluding hydrogens is 228 g/mol. The molecule has 0 aliphatic heterocycles. The summed E-state index contributed by atoms with van der Waals surface area (Å²) in [4.78, 5) is 10.9. The molecule has 17 heavy (non-hydrogen) atoms. The van der Waals surface area contributed by atoms with Gasteiger partial charge in [0.2, 0.25) is 0 Å². The summed E-state index contributed by atoms with van der Waals surface area (Å²) >= 11 is 0. The number of aliphatic carboxylic acids is 1. The standard InChI is InChI=1S/C14H28O2Si/c1-4-5-6-11-17(2,3)13-9-7-12(8-10-13)14(15)16/h12-13H,4-11H2,1-3H3,(H,15,16). The van der Waals surface area contributed by atoms with Gasteiger partial charge in [0.25, 0.3) is 0 Å². The molecule has 1 fully saturated rings. The maximum atomic E-state index is 10.9. The van der Waals surface area contributed by atoms with Gasteiger partial charge in [0.05, 0.1) is 14.0 Å². The van der Waals surface area contributed by atoms with Crippen molar-refractivity contribution in [3.05, 3.63) is 0 Å². The van der Waals surface area contributed by atoms with Crippen molar-refractivity contribution in [3.8, 4) is 0 Å². The summed E-state index contributed by atoms with van der Waals surface area (Å²) < 4.78 is 0. The Morgan fingerprint density at radius 3 is 2.24 bits per heavy atom. The summed E-state index contributed by atoms with van der Waals surface area (Å²) in [5, 5.41) is 9.01. The second-order valence-electron chi connectivity index (χ2n) is 6.33. The van der Waals surface area contributed by atoms with Gasteiger partial charge in [0.1, 0.15) is 0 Å². The number of hydrogen-bond acceptors (Lipinski definition) is 1. The molecule has 0 aromatic rings. The highest BCUT2D eigenvalue weighted by Gasteiger charge is 2.35. The molecule has 1 aliphatic rings. The van der Waals surface area contributed by atoms with Gasteiger partial charge in [0.15, 0.2) is 0 Å². The maximum Gasteiger partial charge on any atom is 0.306 e. The van der Waals surface area contributed by atoms with Gasteiger partial charge in [-0.1, -0.05) is 58.2 Å². The highest BCUT2D eigenvalue weighted by molar-refractivity contribution is 6.78. The van der Waals surface area contributed by atoms with Crippen LogP contribution in [0.2, 0.25) is 24.7 Å². The van der Waals surface area contributed by atoms with E-state index in [4.69, 9.17) is 5.11 Å². The van der Waals surface area contributed by atoms with E-state index in [2.05, 4.69) is 20.0 Å². The van der Waals surface area contributed by atoms with Crippen LogP contribution in [0.15, 0.2) is 0 Å². The first-order valence-corrected chi connectivity index (χ1v) is 10.5. The predicted octanol–water partition coefficient (Wildman–Crippen LogP) is 4.53. The summed E-state index contributed by atoms with van der Waals surface area (Å²) in [6.07, 6.45) is 8.23. The van der Waals surface area contributed by atoms with E-state index < -0.39 is 14.0 Å². The van der Waals surface area contributed by atoms with Crippen LogP contribution in [0.25, 0.3) is 0 Å². The highest BCUT2D eigenvalue weighted by Crippen LogP contribution is 2.41. The van der Waals surface area contributed by atoms with Crippen molar-refractivity contribution in [2.45, 2.75) is 76.5 Å². The molecule has 1 rings (SSSR count). The minimum atomic E-state index is -1.10. The van der Waals surface area contributed by atoms with Crippen LogP contribution in [0.3, 0.4) is 0 Å². The van der Waals surface area contributed by atoms with Crippen LogP contribution in [-0.2, 0) is 4.79 Å². The first-order chi connectivity index (χ1) is 7.97.